The summed E-state index contributed by atoms with van der Waals surface area (Å²) < 4.78 is 1.82. The van der Waals surface area contributed by atoms with Crippen LogP contribution in [0.4, 0.5) is 0 Å². The molecule has 104 valence electrons. The van der Waals surface area contributed by atoms with E-state index in [0.717, 1.165) is 20.1 Å². The highest BCUT2D eigenvalue weighted by molar-refractivity contribution is 9.11. The van der Waals surface area contributed by atoms with Crippen molar-refractivity contribution < 1.29 is 4.79 Å². The zero-order valence-electron chi connectivity index (χ0n) is 11.5. The van der Waals surface area contributed by atoms with Crippen LogP contribution in [0.15, 0.2) is 51.4 Å². The normalized spacial score (nSPS) is 10.8. The zero-order chi connectivity index (χ0) is 14.7. The van der Waals surface area contributed by atoms with Crippen LogP contribution in [0.5, 0.6) is 0 Å². The molecule has 0 saturated carbocycles. The standard InChI is InChI=1S/C17H16Br2O/c1-11(2)13-5-3-12(4-6-13)7-17(20)14-8-15(18)10-16(19)9-14/h3-6,8-11H,7H2,1-2H3. The van der Waals surface area contributed by atoms with Crippen molar-refractivity contribution >= 4 is 37.6 Å². The van der Waals surface area contributed by atoms with Gasteiger partial charge < -0.3 is 0 Å². The van der Waals surface area contributed by atoms with Gasteiger partial charge in [-0.05, 0) is 35.2 Å². The minimum Gasteiger partial charge on any atom is -0.294 e. The Kier molecular flexibility index (Phi) is 5.17. The fourth-order valence-electron chi connectivity index (χ4n) is 2.02. The lowest BCUT2D eigenvalue weighted by molar-refractivity contribution is 0.0993. The molecule has 0 atom stereocenters. The first-order chi connectivity index (χ1) is 9.45. The summed E-state index contributed by atoms with van der Waals surface area (Å²) in [5.41, 5.74) is 3.07. The Balaban J connectivity index is 2.14. The highest BCUT2D eigenvalue weighted by atomic mass is 79.9. The first kappa shape index (κ1) is 15.5. The van der Waals surface area contributed by atoms with E-state index in [0.29, 0.717) is 12.3 Å². The summed E-state index contributed by atoms with van der Waals surface area (Å²) in [5.74, 6) is 0.644. The van der Waals surface area contributed by atoms with Crippen LogP contribution in [0.3, 0.4) is 0 Å². The Morgan fingerprint density at radius 2 is 1.55 bits per heavy atom. The van der Waals surface area contributed by atoms with Gasteiger partial charge in [-0.3, -0.25) is 4.79 Å². The van der Waals surface area contributed by atoms with E-state index in [9.17, 15) is 4.79 Å². The van der Waals surface area contributed by atoms with E-state index < -0.39 is 0 Å². The van der Waals surface area contributed by atoms with Gasteiger partial charge in [0.15, 0.2) is 5.78 Å². The van der Waals surface area contributed by atoms with Gasteiger partial charge in [-0.15, -0.1) is 0 Å². The Morgan fingerprint density at radius 3 is 2.05 bits per heavy atom. The second kappa shape index (κ2) is 6.68. The third-order valence-electron chi connectivity index (χ3n) is 3.20. The number of hydrogen-bond donors (Lipinski definition) is 0. The maximum atomic E-state index is 12.3. The number of Topliss-reactive ketones (excluding diaryl/α,β-unsaturated/α-hetero) is 1. The number of carbonyl (C=O) groups is 1. The van der Waals surface area contributed by atoms with Crippen molar-refractivity contribution in [1.82, 2.24) is 0 Å². The van der Waals surface area contributed by atoms with Crippen molar-refractivity contribution in [3.63, 3.8) is 0 Å². The van der Waals surface area contributed by atoms with E-state index in [-0.39, 0.29) is 5.78 Å². The van der Waals surface area contributed by atoms with Gasteiger partial charge in [0.05, 0.1) is 0 Å². The largest absolute Gasteiger partial charge is 0.294 e. The molecule has 2 aromatic rings. The van der Waals surface area contributed by atoms with Crippen molar-refractivity contribution in [2.24, 2.45) is 0 Å². The van der Waals surface area contributed by atoms with E-state index in [1.54, 1.807) is 0 Å². The molecule has 0 N–H and O–H groups in total. The van der Waals surface area contributed by atoms with Crippen LogP contribution in [-0.4, -0.2) is 5.78 Å². The SMILES string of the molecule is CC(C)c1ccc(CC(=O)c2cc(Br)cc(Br)c2)cc1. The molecular weight excluding hydrogens is 380 g/mol. The monoisotopic (exact) mass is 394 g/mol. The van der Waals surface area contributed by atoms with Crippen LogP contribution in [0, 0.1) is 0 Å². The molecule has 0 fully saturated rings. The smallest absolute Gasteiger partial charge is 0.167 e. The molecule has 0 aliphatic carbocycles. The van der Waals surface area contributed by atoms with Gasteiger partial charge in [0.2, 0.25) is 0 Å². The van der Waals surface area contributed by atoms with Gasteiger partial charge in [-0.2, -0.15) is 0 Å². The summed E-state index contributed by atoms with van der Waals surface area (Å²) in [4.78, 5) is 12.3. The minimum absolute atomic E-state index is 0.129. The van der Waals surface area contributed by atoms with Crippen molar-refractivity contribution in [2.75, 3.05) is 0 Å². The average Bonchev–Trinajstić information content (AvgIpc) is 2.38. The van der Waals surface area contributed by atoms with E-state index >= 15 is 0 Å². The van der Waals surface area contributed by atoms with Crippen molar-refractivity contribution in [2.45, 2.75) is 26.2 Å². The fraction of sp³-hybridized carbons (Fsp3) is 0.235. The number of benzene rings is 2. The molecule has 0 saturated heterocycles. The molecule has 0 aliphatic rings. The maximum absolute atomic E-state index is 12.3. The fourth-order valence-corrected chi connectivity index (χ4v) is 3.32. The topological polar surface area (TPSA) is 17.1 Å². The number of ketones is 1. The number of rotatable bonds is 4. The molecule has 0 unspecified atom stereocenters. The Morgan fingerprint density at radius 1 is 1.00 bits per heavy atom. The highest BCUT2D eigenvalue weighted by Crippen LogP contribution is 2.22. The zero-order valence-corrected chi connectivity index (χ0v) is 14.7. The lowest BCUT2D eigenvalue weighted by Gasteiger charge is -2.07. The Bertz CT molecular complexity index is 595. The third kappa shape index (κ3) is 4.03. The predicted octanol–water partition coefficient (Wildman–Crippen LogP) is 5.76. The first-order valence-corrected chi connectivity index (χ1v) is 8.12. The Labute approximate surface area is 136 Å². The minimum atomic E-state index is 0.129. The van der Waals surface area contributed by atoms with Crippen LogP contribution in [0.1, 0.15) is 41.3 Å². The summed E-state index contributed by atoms with van der Waals surface area (Å²) in [7, 11) is 0. The molecule has 2 aromatic carbocycles. The Hall–Kier alpha value is -0.930. The number of hydrogen-bond acceptors (Lipinski definition) is 1. The summed E-state index contributed by atoms with van der Waals surface area (Å²) in [6.07, 6.45) is 0.432. The molecular formula is C17H16Br2O. The first-order valence-electron chi connectivity index (χ1n) is 6.54. The second-order valence-corrected chi connectivity index (χ2v) is 6.99. The summed E-state index contributed by atoms with van der Waals surface area (Å²) >= 11 is 6.82. The molecule has 0 spiro atoms. The molecule has 0 heterocycles. The molecule has 0 aliphatic heterocycles. The second-order valence-electron chi connectivity index (χ2n) is 5.15. The molecule has 0 bridgehead atoms. The van der Waals surface area contributed by atoms with Crippen molar-refractivity contribution in [3.05, 3.63) is 68.1 Å². The van der Waals surface area contributed by atoms with Crippen LogP contribution < -0.4 is 0 Å². The molecule has 0 radical (unpaired) electrons. The molecule has 0 aromatic heterocycles. The van der Waals surface area contributed by atoms with E-state index in [2.05, 4.69) is 57.8 Å². The van der Waals surface area contributed by atoms with Gasteiger partial charge >= 0.3 is 0 Å². The van der Waals surface area contributed by atoms with Crippen LogP contribution in [0.25, 0.3) is 0 Å². The molecule has 1 nitrogen and oxygen atoms in total. The van der Waals surface area contributed by atoms with E-state index in [1.807, 2.05) is 30.3 Å². The average molecular weight is 396 g/mol. The van der Waals surface area contributed by atoms with Crippen molar-refractivity contribution in [1.29, 1.82) is 0 Å². The molecule has 3 heteroatoms. The third-order valence-corrected chi connectivity index (χ3v) is 4.11. The molecule has 2 rings (SSSR count). The quantitative estimate of drug-likeness (QED) is 0.601. The van der Waals surface area contributed by atoms with Gasteiger partial charge in [0.25, 0.3) is 0 Å². The molecule has 0 amide bonds. The van der Waals surface area contributed by atoms with E-state index in [1.165, 1.54) is 5.56 Å². The van der Waals surface area contributed by atoms with Crippen LogP contribution >= 0.6 is 31.9 Å². The highest BCUT2D eigenvalue weighted by Gasteiger charge is 2.09. The maximum Gasteiger partial charge on any atom is 0.167 e. The van der Waals surface area contributed by atoms with Gasteiger partial charge in [-0.1, -0.05) is 70.0 Å². The van der Waals surface area contributed by atoms with Crippen LogP contribution in [-0.2, 0) is 6.42 Å². The van der Waals surface area contributed by atoms with Gasteiger partial charge in [0.1, 0.15) is 0 Å². The van der Waals surface area contributed by atoms with Crippen LogP contribution in [0.2, 0.25) is 0 Å². The lowest BCUT2D eigenvalue weighted by atomic mass is 9.98. The van der Waals surface area contributed by atoms with Crippen molar-refractivity contribution in [3.8, 4) is 0 Å². The summed E-state index contributed by atoms with van der Waals surface area (Å²) in [5, 5.41) is 0. The van der Waals surface area contributed by atoms with Gasteiger partial charge in [0, 0.05) is 20.9 Å². The van der Waals surface area contributed by atoms with E-state index in [4.69, 9.17) is 0 Å². The summed E-state index contributed by atoms with van der Waals surface area (Å²) in [6, 6.07) is 13.9. The summed E-state index contributed by atoms with van der Waals surface area (Å²) in [6.45, 7) is 4.33. The lowest BCUT2D eigenvalue weighted by Crippen LogP contribution is -2.04. The predicted molar refractivity (Wildman–Crippen MR) is 90.4 cm³/mol. The molecule has 20 heavy (non-hydrogen) atoms. The van der Waals surface area contributed by atoms with Gasteiger partial charge in [-0.25, -0.2) is 0 Å². The number of carbonyl (C=O) groups excluding carboxylic acids is 1. The number of halogens is 2.